The van der Waals surface area contributed by atoms with Crippen LogP contribution in [-0.2, 0) is 0 Å². The van der Waals surface area contributed by atoms with Crippen LogP contribution in [0.4, 0.5) is 0 Å². The third-order valence-electron chi connectivity index (χ3n) is 0.500. The molecule has 0 rings (SSSR count). The summed E-state index contributed by atoms with van der Waals surface area (Å²) in [4.78, 5) is 0. The largest absolute Gasteiger partial charge is 0.115 e. The first-order chi connectivity index (χ1) is 3.18. The number of rotatable bonds is 0. The van der Waals surface area contributed by atoms with E-state index >= 15 is 0 Å². The second kappa shape index (κ2) is 3.29. The van der Waals surface area contributed by atoms with E-state index in [9.17, 15) is 0 Å². The molecule has 38 valence electrons. The fourth-order valence-electron chi connectivity index (χ4n) is 0.0546. The molecule has 0 aromatic rings. The SMILES string of the molecule is C#CC(C)=C(Br)Br. The van der Waals surface area contributed by atoms with Gasteiger partial charge in [-0.3, -0.25) is 0 Å². The first kappa shape index (κ1) is 7.26. The molecule has 0 aliphatic rings. The minimum atomic E-state index is 0.850. The highest BCUT2D eigenvalue weighted by molar-refractivity contribution is 9.28. The summed E-state index contributed by atoms with van der Waals surface area (Å²) < 4.78 is 0.850. The van der Waals surface area contributed by atoms with Crippen LogP contribution in [0.25, 0.3) is 0 Å². The molecule has 0 aromatic carbocycles. The van der Waals surface area contributed by atoms with E-state index in [2.05, 4.69) is 37.8 Å². The van der Waals surface area contributed by atoms with Crippen LogP contribution in [0.3, 0.4) is 0 Å². The average molecular weight is 224 g/mol. The van der Waals surface area contributed by atoms with Gasteiger partial charge in [-0.2, -0.15) is 0 Å². The summed E-state index contributed by atoms with van der Waals surface area (Å²) in [7, 11) is 0. The number of halogens is 2. The fraction of sp³-hybridized carbons (Fsp3) is 0.200. The molecule has 0 radical (unpaired) electrons. The zero-order chi connectivity index (χ0) is 5.86. The maximum absolute atomic E-state index is 5.01. The Balaban J connectivity index is 4.07. The molecule has 0 saturated carbocycles. The Morgan fingerprint density at radius 1 is 1.57 bits per heavy atom. The molecule has 0 bridgehead atoms. The number of terminal acetylenes is 1. The lowest BCUT2D eigenvalue weighted by Gasteiger charge is -1.82. The highest BCUT2D eigenvalue weighted by atomic mass is 79.9. The van der Waals surface area contributed by atoms with Crippen molar-refractivity contribution in [1.82, 2.24) is 0 Å². The van der Waals surface area contributed by atoms with Crippen LogP contribution < -0.4 is 0 Å². The molecule has 7 heavy (non-hydrogen) atoms. The van der Waals surface area contributed by atoms with Crippen molar-refractivity contribution in [2.24, 2.45) is 0 Å². The third-order valence-corrected chi connectivity index (χ3v) is 1.69. The third kappa shape index (κ3) is 2.90. The van der Waals surface area contributed by atoms with E-state index in [4.69, 9.17) is 6.42 Å². The highest BCUT2D eigenvalue weighted by Gasteiger charge is 1.84. The van der Waals surface area contributed by atoms with Gasteiger partial charge in [-0.25, -0.2) is 0 Å². The molecule has 0 aromatic heterocycles. The summed E-state index contributed by atoms with van der Waals surface area (Å²) in [6.07, 6.45) is 5.01. The second-order valence-electron chi connectivity index (χ2n) is 1.03. The van der Waals surface area contributed by atoms with Gasteiger partial charge in [0.1, 0.15) is 0 Å². The smallest absolute Gasteiger partial charge is 0.0716 e. The molecule has 0 spiro atoms. The summed E-state index contributed by atoms with van der Waals surface area (Å²) in [6.45, 7) is 1.85. The fourth-order valence-corrected chi connectivity index (χ4v) is 0.283. The maximum atomic E-state index is 5.01. The van der Waals surface area contributed by atoms with Crippen LogP contribution in [0.5, 0.6) is 0 Å². The minimum Gasteiger partial charge on any atom is -0.115 e. The maximum Gasteiger partial charge on any atom is 0.0716 e. The molecule has 0 amide bonds. The van der Waals surface area contributed by atoms with E-state index < -0.39 is 0 Å². The highest BCUT2D eigenvalue weighted by Crippen LogP contribution is 2.17. The molecule has 0 aliphatic carbocycles. The van der Waals surface area contributed by atoms with Crippen molar-refractivity contribution >= 4 is 31.9 Å². The Morgan fingerprint density at radius 2 is 2.00 bits per heavy atom. The van der Waals surface area contributed by atoms with Gasteiger partial charge in [0, 0.05) is 5.57 Å². The van der Waals surface area contributed by atoms with Gasteiger partial charge in [-0.05, 0) is 38.8 Å². The lowest BCUT2D eigenvalue weighted by molar-refractivity contribution is 1.61. The van der Waals surface area contributed by atoms with Crippen LogP contribution in [0.2, 0.25) is 0 Å². The van der Waals surface area contributed by atoms with Gasteiger partial charge in [0.05, 0.1) is 3.39 Å². The lowest BCUT2D eigenvalue weighted by atomic mass is 10.4. The van der Waals surface area contributed by atoms with E-state index in [1.807, 2.05) is 6.92 Å². The molecular formula is C5H4Br2. The predicted molar refractivity (Wildman–Crippen MR) is 39.4 cm³/mol. The van der Waals surface area contributed by atoms with Gasteiger partial charge in [-0.1, -0.05) is 5.92 Å². The van der Waals surface area contributed by atoms with Crippen molar-refractivity contribution in [2.75, 3.05) is 0 Å². The van der Waals surface area contributed by atoms with Crippen molar-refractivity contribution in [1.29, 1.82) is 0 Å². The monoisotopic (exact) mass is 222 g/mol. The summed E-state index contributed by atoms with van der Waals surface area (Å²) in [5, 5.41) is 0. The van der Waals surface area contributed by atoms with Gasteiger partial charge in [0.2, 0.25) is 0 Å². The molecule has 0 nitrogen and oxygen atoms in total. The summed E-state index contributed by atoms with van der Waals surface area (Å²) >= 11 is 6.31. The normalized spacial score (nSPS) is 7.14. The summed E-state index contributed by atoms with van der Waals surface area (Å²) in [5.74, 6) is 2.45. The van der Waals surface area contributed by atoms with Gasteiger partial charge in [0.15, 0.2) is 0 Å². The Labute approximate surface area is 60.2 Å². The molecule has 0 atom stereocenters. The zero-order valence-corrected chi connectivity index (χ0v) is 7.01. The Hall–Kier alpha value is 0.260. The van der Waals surface area contributed by atoms with Gasteiger partial charge in [0.25, 0.3) is 0 Å². The minimum absolute atomic E-state index is 0.850. The Kier molecular flexibility index (Phi) is 3.41. The molecule has 0 heterocycles. The molecule has 2 heteroatoms. The topological polar surface area (TPSA) is 0 Å². The quantitative estimate of drug-likeness (QED) is 0.554. The Morgan fingerprint density at radius 3 is 2.00 bits per heavy atom. The predicted octanol–water partition coefficient (Wildman–Crippen LogP) is 2.64. The average Bonchev–Trinajstić information content (AvgIpc) is 1.65. The van der Waals surface area contributed by atoms with Crippen molar-refractivity contribution in [2.45, 2.75) is 6.92 Å². The van der Waals surface area contributed by atoms with Crippen molar-refractivity contribution in [3.05, 3.63) is 8.96 Å². The van der Waals surface area contributed by atoms with E-state index in [0.29, 0.717) is 0 Å². The summed E-state index contributed by atoms with van der Waals surface area (Å²) in [6, 6.07) is 0. The number of hydrogen-bond donors (Lipinski definition) is 0. The first-order valence-electron chi connectivity index (χ1n) is 1.67. The molecule has 0 saturated heterocycles. The van der Waals surface area contributed by atoms with Gasteiger partial charge in [-0.15, -0.1) is 6.42 Å². The molecule has 0 unspecified atom stereocenters. The van der Waals surface area contributed by atoms with E-state index in [0.717, 1.165) is 8.96 Å². The van der Waals surface area contributed by atoms with Crippen molar-refractivity contribution in [3.8, 4) is 12.3 Å². The van der Waals surface area contributed by atoms with Crippen molar-refractivity contribution in [3.63, 3.8) is 0 Å². The molecule has 0 N–H and O–H groups in total. The number of hydrogen-bond acceptors (Lipinski definition) is 0. The van der Waals surface area contributed by atoms with Crippen molar-refractivity contribution < 1.29 is 0 Å². The van der Waals surface area contributed by atoms with Crippen LogP contribution in [0, 0.1) is 12.3 Å². The second-order valence-corrected chi connectivity index (χ2v) is 3.68. The van der Waals surface area contributed by atoms with Gasteiger partial charge >= 0.3 is 0 Å². The molecule has 0 aliphatic heterocycles. The van der Waals surface area contributed by atoms with Crippen LogP contribution in [0.15, 0.2) is 8.96 Å². The first-order valence-corrected chi connectivity index (χ1v) is 3.25. The van der Waals surface area contributed by atoms with E-state index in [1.165, 1.54) is 0 Å². The Bertz CT molecular complexity index is 124. The van der Waals surface area contributed by atoms with Gasteiger partial charge < -0.3 is 0 Å². The zero-order valence-electron chi connectivity index (χ0n) is 3.83. The standard InChI is InChI=1S/C5H4Br2/c1-3-4(2)5(6)7/h1H,2H3. The van der Waals surface area contributed by atoms with E-state index in [1.54, 1.807) is 0 Å². The number of allylic oxidation sites excluding steroid dienone is 1. The van der Waals surface area contributed by atoms with Crippen LogP contribution in [0.1, 0.15) is 6.92 Å². The van der Waals surface area contributed by atoms with Crippen LogP contribution >= 0.6 is 31.9 Å². The molecular weight excluding hydrogens is 220 g/mol. The lowest BCUT2D eigenvalue weighted by Crippen LogP contribution is -1.63. The summed E-state index contributed by atoms with van der Waals surface area (Å²) in [5.41, 5.74) is 0.875. The van der Waals surface area contributed by atoms with Crippen LogP contribution in [-0.4, -0.2) is 0 Å². The molecule has 0 fully saturated rings. The van der Waals surface area contributed by atoms with E-state index in [-0.39, 0.29) is 0 Å².